The molecule has 1 aliphatic heterocycles. The summed E-state index contributed by atoms with van der Waals surface area (Å²) >= 11 is 0. The molecular weight excluding hydrogens is 202 g/mol. The number of nitrogens with two attached hydrogens (primary N) is 1. The highest BCUT2D eigenvalue weighted by Gasteiger charge is 2.35. The summed E-state index contributed by atoms with van der Waals surface area (Å²) in [5.74, 6) is 0.0197. The molecule has 3 N–H and O–H groups in total. The van der Waals surface area contributed by atoms with Crippen molar-refractivity contribution in [1.29, 1.82) is 0 Å². The largest absolute Gasteiger partial charge is 0.388 e. The maximum Gasteiger partial charge on any atom is 0.153 e. The van der Waals surface area contributed by atoms with E-state index in [4.69, 9.17) is 5.73 Å². The summed E-state index contributed by atoms with van der Waals surface area (Å²) < 4.78 is 22.0. The summed E-state index contributed by atoms with van der Waals surface area (Å²) in [6.07, 6.45) is 1.03. The van der Waals surface area contributed by atoms with Gasteiger partial charge in [-0.1, -0.05) is 0 Å². The van der Waals surface area contributed by atoms with Gasteiger partial charge in [0.25, 0.3) is 0 Å². The molecule has 0 bridgehead atoms. The van der Waals surface area contributed by atoms with Crippen LogP contribution in [-0.4, -0.2) is 37.2 Å². The van der Waals surface area contributed by atoms with E-state index in [1.54, 1.807) is 0 Å². The fraction of sp³-hybridized carbons (Fsp3) is 1.00. The third-order valence-electron chi connectivity index (χ3n) is 1.97. The average Bonchev–Trinajstić information content (AvgIpc) is 1.85. The lowest BCUT2D eigenvalue weighted by Gasteiger charge is -2.29. The van der Waals surface area contributed by atoms with Gasteiger partial charge in [0.05, 0.1) is 17.1 Å². The summed E-state index contributed by atoms with van der Waals surface area (Å²) in [5, 5.41) is 9.51. The van der Waals surface area contributed by atoms with Crippen molar-refractivity contribution in [1.82, 2.24) is 0 Å². The number of halogens is 1. The Balaban J connectivity index is 0.00000121. The van der Waals surface area contributed by atoms with Crippen molar-refractivity contribution in [3.8, 4) is 0 Å². The first-order valence-corrected chi connectivity index (χ1v) is 5.42. The van der Waals surface area contributed by atoms with Gasteiger partial charge in [-0.15, -0.1) is 12.4 Å². The van der Waals surface area contributed by atoms with E-state index in [0.29, 0.717) is 12.8 Å². The molecule has 12 heavy (non-hydrogen) atoms. The molecule has 0 saturated carbocycles. The second-order valence-corrected chi connectivity index (χ2v) is 5.31. The number of rotatable bonds is 1. The Morgan fingerprint density at radius 2 is 2.08 bits per heavy atom. The summed E-state index contributed by atoms with van der Waals surface area (Å²) in [7, 11) is -3.03. The van der Waals surface area contributed by atoms with Gasteiger partial charge in [0.15, 0.2) is 9.84 Å². The quantitative estimate of drug-likeness (QED) is 0.607. The third kappa shape index (κ3) is 2.90. The molecule has 0 aromatic heterocycles. The van der Waals surface area contributed by atoms with Crippen LogP contribution < -0.4 is 5.73 Å². The summed E-state index contributed by atoms with van der Waals surface area (Å²) in [4.78, 5) is 0. The molecule has 0 aliphatic carbocycles. The lowest BCUT2D eigenvalue weighted by atomic mass is 10.0. The van der Waals surface area contributed by atoms with E-state index in [1.165, 1.54) is 0 Å². The van der Waals surface area contributed by atoms with E-state index >= 15 is 0 Å². The summed E-state index contributed by atoms with van der Waals surface area (Å²) in [6.45, 7) is 0.0340. The van der Waals surface area contributed by atoms with E-state index in [1.807, 2.05) is 0 Å². The van der Waals surface area contributed by atoms with Gasteiger partial charge in [0, 0.05) is 6.54 Å². The second kappa shape index (κ2) is 3.91. The molecule has 1 aliphatic rings. The maximum atomic E-state index is 11.0. The van der Waals surface area contributed by atoms with Gasteiger partial charge >= 0.3 is 0 Å². The van der Waals surface area contributed by atoms with Crippen LogP contribution in [0.25, 0.3) is 0 Å². The van der Waals surface area contributed by atoms with Gasteiger partial charge < -0.3 is 10.8 Å². The minimum absolute atomic E-state index is 0. The fourth-order valence-electron chi connectivity index (χ4n) is 1.34. The van der Waals surface area contributed by atoms with Crippen LogP contribution in [0.15, 0.2) is 0 Å². The Bertz CT molecular complexity index is 241. The molecular formula is C6H14ClNO3S. The molecule has 0 aromatic carbocycles. The lowest BCUT2D eigenvalue weighted by molar-refractivity contribution is 0.0589. The summed E-state index contributed by atoms with van der Waals surface area (Å²) in [6, 6.07) is 0. The van der Waals surface area contributed by atoms with Crippen molar-refractivity contribution in [3.63, 3.8) is 0 Å². The topological polar surface area (TPSA) is 80.4 Å². The maximum absolute atomic E-state index is 11.0. The van der Waals surface area contributed by atoms with Gasteiger partial charge in [-0.25, -0.2) is 8.42 Å². The van der Waals surface area contributed by atoms with Crippen molar-refractivity contribution in [2.75, 3.05) is 18.1 Å². The highest BCUT2D eigenvalue weighted by Crippen LogP contribution is 2.21. The predicted molar refractivity (Wildman–Crippen MR) is 49.1 cm³/mol. The van der Waals surface area contributed by atoms with Crippen LogP contribution >= 0.6 is 12.4 Å². The average molecular weight is 216 g/mol. The van der Waals surface area contributed by atoms with Crippen molar-refractivity contribution in [2.24, 2.45) is 5.73 Å². The van der Waals surface area contributed by atoms with Crippen molar-refractivity contribution >= 4 is 22.2 Å². The first-order chi connectivity index (χ1) is 4.97. The highest BCUT2D eigenvalue weighted by atomic mass is 35.5. The molecule has 0 aromatic rings. The van der Waals surface area contributed by atoms with Crippen LogP contribution in [0.1, 0.15) is 12.8 Å². The molecule has 0 spiro atoms. The van der Waals surface area contributed by atoms with Crippen molar-refractivity contribution in [2.45, 2.75) is 18.4 Å². The molecule has 4 nitrogen and oxygen atoms in total. The molecule has 1 rings (SSSR count). The van der Waals surface area contributed by atoms with E-state index in [2.05, 4.69) is 0 Å². The van der Waals surface area contributed by atoms with Crippen LogP contribution in [0.5, 0.6) is 0 Å². The van der Waals surface area contributed by atoms with Crippen LogP contribution in [0.3, 0.4) is 0 Å². The Morgan fingerprint density at radius 1 is 1.50 bits per heavy atom. The molecule has 74 valence electrons. The van der Waals surface area contributed by atoms with Gasteiger partial charge in [0.2, 0.25) is 0 Å². The van der Waals surface area contributed by atoms with Gasteiger partial charge in [0.1, 0.15) is 0 Å². The first kappa shape index (κ1) is 12.2. The van der Waals surface area contributed by atoms with Crippen LogP contribution in [0.2, 0.25) is 0 Å². The second-order valence-electron chi connectivity index (χ2n) is 3.12. The first-order valence-electron chi connectivity index (χ1n) is 3.60. The molecule has 1 heterocycles. The third-order valence-corrected chi connectivity index (χ3v) is 3.85. The fourth-order valence-corrected chi connectivity index (χ4v) is 3.15. The van der Waals surface area contributed by atoms with E-state index in [-0.39, 0.29) is 30.5 Å². The molecule has 1 unspecified atom stereocenters. The number of sulfone groups is 1. The Hall–Kier alpha value is 0.160. The van der Waals surface area contributed by atoms with E-state index in [0.717, 1.165) is 0 Å². The van der Waals surface area contributed by atoms with E-state index < -0.39 is 15.4 Å². The summed E-state index contributed by atoms with van der Waals surface area (Å²) in [5.41, 5.74) is 4.09. The molecule has 1 fully saturated rings. The number of aliphatic hydroxyl groups is 1. The molecule has 1 saturated heterocycles. The van der Waals surface area contributed by atoms with Crippen LogP contribution in [-0.2, 0) is 9.84 Å². The number of hydrogen-bond acceptors (Lipinski definition) is 4. The SMILES string of the molecule is Cl.NCC1(O)CCCS(=O)(=O)C1. The normalized spacial score (nSPS) is 33.8. The number of hydrogen-bond donors (Lipinski definition) is 2. The Morgan fingerprint density at radius 3 is 2.42 bits per heavy atom. The smallest absolute Gasteiger partial charge is 0.153 e. The monoisotopic (exact) mass is 215 g/mol. The Labute approximate surface area is 78.5 Å². The zero-order valence-electron chi connectivity index (χ0n) is 6.69. The lowest BCUT2D eigenvalue weighted by Crippen LogP contribution is -2.47. The van der Waals surface area contributed by atoms with Crippen LogP contribution in [0.4, 0.5) is 0 Å². The highest BCUT2D eigenvalue weighted by molar-refractivity contribution is 7.91. The van der Waals surface area contributed by atoms with Gasteiger partial charge in [-0.2, -0.15) is 0 Å². The zero-order valence-corrected chi connectivity index (χ0v) is 8.33. The van der Waals surface area contributed by atoms with Gasteiger partial charge in [-0.3, -0.25) is 0 Å². The molecule has 0 radical (unpaired) electrons. The standard InChI is InChI=1S/C6H13NO3S.ClH/c7-4-6(8)2-1-3-11(9,10)5-6;/h8H,1-5,7H2;1H. The molecule has 6 heteroatoms. The predicted octanol–water partition coefficient (Wildman–Crippen LogP) is -0.693. The minimum atomic E-state index is -3.03. The Kier molecular flexibility index (Phi) is 3.96. The molecule has 0 amide bonds. The minimum Gasteiger partial charge on any atom is -0.388 e. The van der Waals surface area contributed by atoms with Crippen molar-refractivity contribution < 1.29 is 13.5 Å². The van der Waals surface area contributed by atoms with E-state index in [9.17, 15) is 13.5 Å². The van der Waals surface area contributed by atoms with Crippen molar-refractivity contribution in [3.05, 3.63) is 0 Å². The molecule has 1 atom stereocenters. The van der Waals surface area contributed by atoms with Crippen LogP contribution in [0, 0.1) is 0 Å². The van der Waals surface area contributed by atoms with Gasteiger partial charge in [-0.05, 0) is 12.8 Å². The zero-order chi connectivity index (χ0) is 8.54.